The Labute approximate surface area is 137 Å². The first-order valence-electron chi connectivity index (χ1n) is 6.35. The summed E-state index contributed by atoms with van der Waals surface area (Å²) in [5.74, 6) is 0. The standard InChI is InChI=1S/C16H14BrClN2O/c17-14-7-5-12(6-8-14)11-20-16(21)19-10-9-13-3-1-2-4-15(13)18/h1-10H,11H2,(H2,19,20,21)/b10-9+. The van der Waals surface area contributed by atoms with E-state index in [1.807, 2.05) is 42.5 Å². The molecule has 0 unspecified atom stereocenters. The van der Waals surface area contributed by atoms with E-state index in [1.165, 1.54) is 0 Å². The van der Waals surface area contributed by atoms with Crippen molar-refractivity contribution in [3.8, 4) is 0 Å². The lowest BCUT2D eigenvalue weighted by molar-refractivity contribution is 0.244. The van der Waals surface area contributed by atoms with Gasteiger partial charge >= 0.3 is 6.03 Å². The van der Waals surface area contributed by atoms with Gasteiger partial charge in [0.05, 0.1) is 0 Å². The number of rotatable bonds is 4. The SMILES string of the molecule is O=C(N/C=C/c1ccccc1Cl)NCc1ccc(Br)cc1. The molecule has 108 valence electrons. The van der Waals surface area contributed by atoms with E-state index >= 15 is 0 Å². The van der Waals surface area contributed by atoms with Gasteiger partial charge in [0.15, 0.2) is 0 Å². The summed E-state index contributed by atoms with van der Waals surface area (Å²) in [6, 6.07) is 14.9. The minimum atomic E-state index is -0.263. The first-order valence-corrected chi connectivity index (χ1v) is 7.52. The molecule has 0 atom stereocenters. The highest BCUT2D eigenvalue weighted by Crippen LogP contribution is 2.15. The van der Waals surface area contributed by atoms with Crippen LogP contribution >= 0.6 is 27.5 Å². The summed E-state index contributed by atoms with van der Waals surface area (Å²) in [4.78, 5) is 11.6. The first-order chi connectivity index (χ1) is 10.1. The van der Waals surface area contributed by atoms with Gasteiger partial charge < -0.3 is 10.6 Å². The van der Waals surface area contributed by atoms with Crippen molar-refractivity contribution in [2.45, 2.75) is 6.54 Å². The fourth-order valence-corrected chi connectivity index (χ4v) is 2.12. The number of halogens is 2. The molecule has 2 aromatic rings. The average Bonchev–Trinajstić information content (AvgIpc) is 2.49. The molecule has 0 saturated carbocycles. The molecule has 5 heteroatoms. The zero-order chi connectivity index (χ0) is 15.1. The molecule has 2 rings (SSSR count). The van der Waals surface area contributed by atoms with Crippen LogP contribution in [0.1, 0.15) is 11.1 Å². The molecule has 21 heavy (non-hydrogen) atoms. The van der Waals surface area contributed by atoms with Gasteiger partial charge in [-0.15, -0.1) is 0 Å². The Morgan fingerprint density at radius 3 is 2.57 bits per heavy atom. The highest BCUT2D eigenvalue weighted by Gasteiger charge is 1.98. The van der Waals surface area contributed by atoms with E-state index in [0.717, 1.165) is 15.6 Å². The zero-order valence-corrected chi connectivity index (χ0v) is 13.5. The Morgan fingerprint density at radius 1 is 1.14 bits per heavy atom. The Morgan fingerprint density at radius 2 is 1.86 bits per heavy atom. The summed E-state index contributed by atoms with van der Waals surface area (Å²) >= 11 is 9.38. The van der Waals surface area contributed by atoms with E-state index in [1.54, 1.807) is 18.3 Å². The quantitative estimate of drug-likeness (QED) is 0.818. The van der Waals surface area contributed by atoms with Crippen molar-refractivity contribution in [3.63, 3.8) is 0 Å². The van der Waals surface area contributed by atoms with Gasteiger partial charge in [-0.3, -0.25) is 0 Å². The Hall–Kier alpha value is -1.78. The van der Waals surface area contributed by atoms with Crippen LogP contribution in [0.5, 0.6) is 0 Å². The number of amides is 2. The zero-order valence-electron chi connectivity index (χ0n) is 11.1. The summed E-state index contributed by atoms with van der Waals surface area (Å²) < 4.78 is 1.01. The van der Waals surface area contributed by atoms with Crippen LogP contribution in [-0.2, 0) is 6.54 Å². The van der Waals surface area contributed by atoms with Crippen molar-refractivity contribution >= 4 is 39.6 Å². The molecular formula is C16H14BrClN2O. The third-order valence-electron chi connectivity index (χ3n) is 2.75. The van der Waals surface area contributed by atoms with Crippen LogP contribution in [0.25, 0.3) is 6.08 Å². The number of hydrogen-bond donors (Lipinski definition) is 2. The minimum absolute atomic E-state index is 0.263. The average molecular weight is 366 g/mol. The maximum atomic E-state index is 11.6. The predicted octanol–water partition coefficient (Wildman–Crippen LogP) is 4.57. The molecule has 0 aromatic heterocycles. The molecule has 0 bridgehead atoms. The van der Waals surface area contributed by atoms with Crippen LogP contribution in [0.2, 0.25) is 5.02 Å². The number of nitrogens with one attached hydrogen (secondary N) is 2. The van der Waals surface area contributed by atoms with Gasteiger partial charge in [0.2, 0.25) is 0 Å². The van der Waals surface area contributed by atoms with Crippen LogP contribution in [0.4, 0.5) is 4.79 Å². The van der Waals surface area contributed by atoms with Gasteiger partial charge in [0.1, 0.15) is 0 Å². The predicted molar refractivity (Wildman–Crippen MR) is 90.0 cm³/mol. The molecule has 0 heterocycles. The van der Waals surface area contributed by atoms with Crippen molar-refractivity contribution in [1.82, 2.24) is 10.6 Å². The summed E-state index contributed by atoms with van der Waals surface area (Å²) in [5, 5.41) is 6.06. The molecule has 0 fully saturated rings. The van der Waals surface area contributed by atoms with E-state index in [2.05, 4.69) is 26.6 Å². The van der Waals surface area contributed by atoms with Crippen LogP contribution in [0.15, 0.2) is 59.2 Å². The second-order valence-corrected chi connectivity index (χ2v) is 5.63. The van der Waals surface area contributed by atoms with Crippen molar-refractivity contribution in [2.24, 2.45) is 0 Å². The molecule has 0 radical (unpaired) electrons. The molecular weight excluding hydrogens is 352 g/mol. The maximum absolute atomic E-state index is 11.6. The van der Waals surface area contributed by atoms with E-state index in [9.17, 15) is 4.79 Å². The maximum Gasteiger partial charge on any atom is 0.319 e. The van der Waals surface area contributed by atoms with Crippen LogP contribution in [0, 0.1) is 0 Å². The van der Waals surface area contributed by atoms with Gasteiger partial charge in [-0.25, -0.2) is 4.79 Å². The molecule has 2 amide bonds. The summed E-state index contributed by atoms with van der Waals surface area (Å²) in [6.45, 7) is 0.471. The summed E-state index contributed by atoms with van der Waals surface area (Å²) in [6.07, 6.45) is 3.32. The Kier molecular flexibility index (Phi) is 5.84. The fraction of sp³-hybridized carbons (Fsp3) is 0.0625. The Bertz CT molecular complexity index is 641. The lowest BCUT2D eigenvalue weighted by atomic mass is 10.2. The van der Waals surface area contributed by atoms with Crippen LogP contribution in [-0.4, -0.2) is 6.03 Å². The van der Waals surface area contributed by atoms with E-state index < -0.39 is 0 Å². The van der Waals surface area contributed by atoms with Crippen molar-refractivity contribution in [1.29, 1.82) is 0 Å². The van der Waals surface area contributed by atoms with Gasteiger partial charge in [0, 0.05) is 22.2 Å². The molecule has 0 aliphatic heterocycles. The normalized spacial score (nSPS) is 10.6. The van der Waals surface area contributed by atoms with Crippen LogP contribution < -0.4 is 10.6 Å². The molecule has 0 aliphatic carbocycles. The molecule has 0 aliphatic rings. The molecule has 2 aromatic carbocycles. The largest absolute Gasteiger partial charge is 0.334 e. The molecule has 0 spiro atoms. The van der Waals surface area contributed by atoms with Gasteiger partial charge in [-0.05, 0) is 35.4 Å². The first kappa shape index (κ1) is 15.6. The van der Waals surface area contributed by atoms with Gasteiger partial charge in [-0.1, -0.05) is 57.9 Å². The van der Waals surface area contributed by atoms with Crippen molar-refractivity contribution < 1.29 is 4.79 Å². The highest BCUT2D eigenvalue weighted by molar-refractivity contribution is 9.10. The third-order valence-corrected chi connectivity index (χ3v) is 3.62. The smallest absolute Gasteiger partial charge is 0.319 e. The van der Waals surface area contributed by atoms with Gasteiger partial charge in [0.25, 0.3) is 0 Å². The Balaban J connectivity index is 1.80. The van der Waals surface area contributed by atoms with Crippen molar-refractivity contribution in [2.75, 3.05) is 0 Å². The molecule has 0 saturated heterocycles. The number of hydrogen-bond acceptors (Lipinski definition) is 1. The van der Waals surface area contributed by atoms with E-state index in [4.69, 9.17) is 11.6 Å². The third kappa shape index (κ3) is 5.25. The molecule has 3 nitrogen and oxygen atoms in total. The fourth-order valence-electron chi connectivity index (χ4n) is 1.65. The topological polar surface area (TPSA) is 41.1 Å². The van der Waals surface area contributed by atoms with Crippen LogP contribution in [0.3, 0.4) is 0 Å². The second kappa shape index (κ2) is 7.86. The van der Waals surface area contributed by atoms with E-state index in [0.29, 0.717) is 11.6 Å². The number of benzene rings is 2. The highest BCUT2D eigenvalue weighted by atomic mass is 79.9. The van der Waals surface area contributed by atoms with Crippen molar-refractivity contribution in [3.05, 3.63) is 75.4 Å². The summed E-state index contributed by atoms with van der Waals surface area (Å²) in [5.41, 5.74) is 1.89. The number of urea groups is 1. The molecule has 2 N–H and O–H groups in total. The second-order valence-electron chi connectivity index (χ2n) is 4.31. The van der Waals surface area contributed by atoms with E-state index in [-0.39, 0.29) is 6.03 Å². The summed E-state index contributed by atoms with van der Waals surface area (Å²) in [7, 11) is 0. The number of carbonyl (C=O) groups excluding carboxylic acids is 1. The minimum Gasteiger partial charge on any atom is -0.334 e. The van der Waals surface area contributed by atoms with Gasteiger partial charge in [-0.2, -0.15) is 0 Å². The lowest BCUT2D eigenvalue weighted by Crippen LogP contribution is -2.31. The number of carbonyl (C=O) groups is 1. The lowest BCUT2D eigenvalue weighted by Gasteiger charge is -2.05. The monoisotopic (exact) mass is 364 g/mol.